The van der Waals surface area contributed by atoms with Crippen molar-refractivity contribution in [3.63, 3.8) is 0 Å². The van der Waals surface area contributed by atoms with Crippen molar-refractivity contribution in [1.82, 2.24) is 14.6 Å². The van der Waals surface area contributed by atoms with Crippen LogP contribution in [0.2, 0.25) is 0 Å². The van der Waals surface area contributed by atoms with Crippen LogP contribution >= 0.6 is 23.1 Å². The van der Waals surface area contributed by atoms with E-state index in [0.717, 1.165) is 25.6 Å². The third-order valence-corrected chi connectivity index (χ3v) is 5.48. The Morgan fingerprint density at radius 2 is 1.91 bits per heavy atom. The molecule has 0 aliphatic carbocycles. The number of amides is 1. The summed E-state index contributed by atoms with van der Waals surface area (Å²) in [5.74, 6) is 0.226. The van der Waals surface area contributed by atoms with Gasteiger partial charge in [0.25, 0.3) is 0 Å². The molecule has 2 aromatic carbocycles. The first-order valence-corrected chi connectivity index (χ1v) is 8.80. The number of hydrogen-bond acceptors (Lipinski definition) is 5. The minimum absolute atomic E-state index is 0.0857. The zero-order chi connectivity index (χ0) is 15.6. The lowest BCUT2D eigenvalue weighted by molar-refractivity contribution is -0.114. The molecule has 0 aliphatic heterocycles. The standard InChI is InChI=1S/C16H12N4OS2/c21-15(19-20-10-17-11-5-1-3-7-13(11)20)9-22-16-18-12-6-2-4-8-14(12)23-16/h1-8,10H,9H2,(H,19,21). The van der Waals surface area contributed by atoms with E-state index in [1.165, 1.54) is 11.8 Å². The number of carbonyl (C=O) groups is 1. The van der Waals surface area contributed by atoms with Crippen LogP contribution in [0.1, 0.15) is 0 Å². The number of para-hydroxylation sites is 3. The zero-order valence-corrected chi connectivity index (χ0v) is 13.6. The van der Waals surface area contributed by atoms with Gasteiger partial charge < -0.3 is 0 Å². The Morgan fingerprint density at radius 1 is 1.13 bits per heavy atom. The second-order valence-corrected chi connectivity index (χ2v) is 7.13. The number of nitrogens with one attached hydrogen (secondary N) is 1. The minimum Gasteiger partial charge on any atom is -0.272 e. The number of thiazole rings is 1. The summed E-state index contributed by atoms with van der Waals surface area (Å²) in [5, 5.41) is 0. The number of thioether (sulfide) groups is 1. The van der Waals surface area contributed by atoms with Gasteiger partial charge in [-0.05, 0) is 24.3 Å². The molecule has 2 aromatic heterocycles. The van der Waals surface area contributed by atoms with Gasteiger partial charge in [0.15, 0.2) is 4.34 Å². The Hall–Kier alpha value is -2.38. The minimum atomic E-state index is -0.0857. The van der Waals surface area contributed by atoms with Gasteiger partial charge in [0.2, 0.25) is 5.91 Å². The highest BCUT2D eigenvalue weighted by atomic mass is 32.2. The van der Waals surface area contributed by atoms with E-state index in [-0.39, 0.29) is 5.91 Å². The van der Waals surface area contributed by atoms with E-state index in [4.69, 9.17) is 0 Å². The van der Waals surface area contributed by atoms with E-state index in [1.807, 2.05) is 48.5 Å². The van der Waals surface area contributed by atoms with Crippen molar-refractivity contribution in [1.29, 1.82) is 0 Å². The number of nitrogens with zero attached hydrogens (tertiary/aromatic N) is 3. The van der Waals surface area contributed by atoms with Crippen LogP contribution in [0, 0.1) is 0 Å². The van der Waals surface area contributed by atoms with Crippen LogP contribution in [-0.4, -0.2) is 26.3 Å². The highest BCUT2D eigenvalue weighted by Crippen LogP contribution is 2.29. The van der Waals surface area contributed by atoms with Gasteiger partial charge in [-0.25, -0.2) is 14.6 Å². The smallest absolute Gasteiger partial charge is 0.249 e. The van der Waals surface area contributed by atoms with Gasteiger partial charge in [-0.1, -0.05) is 36.0 Å². The Kier molecular flexibility index (Phi) is 3.72. The SMILES string of the molecule is O=C(CSc1nc2ccccc2s1)Nn1cnc2ccccc21. The van der Waals surface area contributed by atoms with E-state index >= 15 is 0 Å². The van der Waals surface area contributed by atoms with Crippen LogP contribution in [0.25, 0.3) is 21.3 Å². The summed E-state index contributed by atoms with van der Waals surface area (Å²) >= 11 is 3.05. The molecular formula is C16H12N4OS2. The largest absolute Gasteiger partial charge is 0.272 e. The first-order valence-electron chi connectivity index (χ1n) is 7.00. The maximum Gasteiger partial charge on any atom is 0.249 e. The molecule has 0 spiro atoms. The van der Waals surface area contributed by atoms with Crippen molar-refractivity contribution < 1.29 is 4.79 Å². The molecule has 7 heteroatoms. The lowest BCUT2D eigenvalue weighted by atomic mass is 10.3. The maximum atomic E-state index is 12.1. The highest BCUT2D eigenvalue weighted by Gasteiger charge is 2.09. The van der Waals surface area contributed by atoms with Gasteiger partial charge >= 0.3 is 0 Å². The molecule has 1 amide bonds. The number of imidazole rings is 1. The molecule has 0 bridgehead atoms. The molecular weight excluding hydrogens is 328 g/mol. The number of hydrogen-bond donors (Lipinski definition) is 1. The predicted molar refractivity (Wildman–Crippen MR) is 94.4 cm³/mol. The van der Waals surface area contributed by atoms with Crippen LogP contribution in [0.3, 0.4) is 0 Å². The summed E-state index contributed by atoms with van der Waals surface area (Å²) in [6, 6.07) is 15.6. The van der Waals surface area contributed by atoms with Crippen LogP contribution < -0.4 is 5.43 Å². The molecule has 4 rings (SSSR count). The summed E-state index contributed by atoms with van der Waals surface area (Å²) in [4.78, 5) is 20.9. The number of fused-ring (bicyclic) bond motifs is 2. The van der Waals surface area contributed by atoms with Crippen molar-refractivity contribution in [3.05, 3.63) is 54.9 Å². The lowest BCUT2D eigenvalue weighted by Crippen LogP contribution is -2.23. The van der Waals surface area contributed by atoms with Crippen molar-refractivity contribution >= 4 is 50.3 Å². The van der Waals surface area contributed by atoms with Crippen LogP contribution in [0.4, 0.5) is 0 Å². The van der Waals surface area contributed by atoms with Gasteiger partial charge in [-0.2, -0.15) is 0 Å². The summed E-state index contributed by atoms with van der Waals surface area (Å²) in [6.07, 6.45) is 1.62. The monoisotopic (exact) mass is 340 g/mol. The van der Waals surface area contributed by atoms with Crippen molar-refractivity contribution in [3.8, 4) is 0 Å². The molecule has 114 valence electrons. The number of benzene rings is 2. The third kappa shape index (κ3) is 2.93. The number of rotatable bonds is 4. The van der Waals surface area contributed by atoms with Crippen LogP contribution in [0.5, 0.6) is 0 Å². The van der Waals surface area contributed by atoms with Gasteiger partial charge in [0.1, 0.15) is 6.33 Å². The van der Waals surface area contributed by atoms with E-state index in [2.05, 4.69) is 15.4 Å². The summed E-state index contributed by atoms with van der Waals surface area (Å²) in [6.45, 7) is 0. The summed E-state index contributed by atoms with van der Waals surface area (Å²) in [5.41, 5.74) is 5.55. The fraction of sp³-hybridized carbons (Fsp3) is 0.0625. The molecule has 0 unspecified atom stereocenters. The summed E-state index contributed by atoms with van der Waals surface area (Å²) < 4.78 is 3.68. The van der Waals surface area contributed by atoms with E-state index < -0.39 is 0 Å². The molecule has 0 saturated heterocycles. The summed E-state index contributed by atoms with van der Waals surface area (Å²) in [7, 11) is 0. The number of carbonyl (C=O) groups excluding carboxylic acids is 1. The van der Waals surface area contributed by atoms with Crippen molar-refractivity contribution in [2.45, 2.75) is 4.34 Å². The molecule has 4 aromatic rings. The fourth-order valence-electron chi connectivity index (χ4n) is 2.25. The fourth-order valence-corrected chi connectivity index (χ4v) is 4.12. The van der Waals surface area contributed by atoms with Gasteiger partial charge in [0.05, 0.1) is 27.0 Å². The van der Waals surface area contributed by atoms with E-state index in [9.17, 15) is 4.79 Å². The molecule has 0 atom stereocenters. The Bertz CT molecular complexity index is 959. The lowest BCUT2D eigenvalue weighted by Gasteiger charge is -2.05. The molecule has 2 heterocycles. The second kappa shape index (κ2) is 6.02. The van der Waals surface area contributed by atoms with Gasteiger partial charge in [-0.15, -0.1) is 11.3 Å². The van der Waals surface area contributed by atoms with Crippen molar-refractivity contribution in [2.75, 3.05) is 11.2 Å². The molecule has 0 fully saturated rings. The maximum absolute atomic E-state index is 12.1. The third-order valence-electron chi connectivity index (χ3n) is 3.30. The topological polar surface area (TPSA) is 59.8 Å². The van der Waals surface area contributed by atoms with Gasteiger partial charge in [-0.3, -0.25) is 10.2 Å². The molecule has 23 heavy (non-hydrogen) atoms. The predicted octanol–water partition coefficient (Wildman–Crippen LogP) is 3.51. The van der Waals surface area contributed by atoms with Gasteiger partial charge in [0, 0.05) is 0 Å². The Balaban J connectivity index is 1.43. The van der Waals surface area contributed by atoms with E-state index in [0.29, 0.717) is 5.75 Å². The molecule has 0 aliphatic rings. The zero-order valence-electron chi connectivity index (χ0n) is 12.0. The highest BCUT2D eigenvalue weighted by molar-refractivity contribution is 8.01. The molecule has 5 nitrogen and oxygen atoms in total. The van der Waals surface area contributed by atoms with Crippen LogP contribution in [-0.2, 0) is 4.79 Å². The first-order chi connectivity index (χ1) is 11.3. The van der Waals surface area contributed by atoms with Crippen molar-refractivity contribution in [2.24, 2.45) is 0 Å². The number of aromatic nitrogens is 3. The first kappa shape index (κ1) is 14.2. The van der Waals surface area contributed by atoms with Crippen LogP contribution in [0.15, 0.2) is 59.2 Å². The Labute approximate surface area is 140 Å². The average Bonchev–Trinajstić information content (AvgIpc) is 3.17. The van der Waals surface area contributed by atoms with E-state index in [1.54, 1.807) is 22.3 Å². The normalized spacial score (nSPS) is 11.1. The quantitative estimate of drug-likeness (QED) is 0.578. The average molecular weight is 340 g/mol. The second-order valence-electron chi connectivity index (χ2n) is 4.87. The Morgan fingerprint density at radius 3 is 2.78 bits per heavy atom. The molecule has 1 N–H and O–H groups in total. The molecule has 0 saturated carbocycles. The molecule has 0 radical (unpaired) electrons.